The molecular formula is C15H24N4O3. The Balaban J connectivity index is 1.93. The number of nitrogens with zero attached hydrogens (tertiary/aromatic N) is 4. The lowest BCUT2D eigenvalue weighted by Gasteiger charge is -2.25. The summed E-state index contributed by atoms with van der Waals surface area (Å²) in [6.07, 6.45) is 5.78. The molecule has 0 bridgehead atoms. The Kier molecular flexibility index (Phi) is 5.54. The van der Waals surface area contributed by atoms with Crippen molar-refractivity contribution in [3.05, 3.63) is 18.0 Å². The van der Waals surface area contributed by atoms with Crippen LogP contribution >= 0.6 is 0 Å². The van der Waals surface area contributed by atoms with E-state index in [0.29, 0.717) is 13.1 Å². The van der Waals surface area contributed by atoms with Crippen molar-refractivity contribution in [3.8, 4) is 0 Å². The van der Waals surface area contributed by atoms with E-state index >= 15 is 0 Å². The van der Waals surface area contributed by atoms with Crippen molar-refractivity contribution in [2.24, 2.45) is 7.05 Å². The molecule has 122 valence electrons. The molecule has 1 aliphatic rings. The number of hydrogen-bond acceptors (Lipinski definition) is 4. The first-order chi connectivity index (χ1) is 10.5. The Morgan fingerprint density at radius 3 is 2.91 bits per heavy atom. The number of likely N-dealkylation sites (tertiary alicyclic amines) is 1. The van der Waals surface area contributed by atoms with Gasteiger partial charge in [-0.15, -0.1) is 0 Å². The molecule has 1 atom stereocenters. The molecule has 1 saturated heterocycles. The number of rotatable bonds is 5. The number of aryl methyl sites for hydroxylation is 1. The van der Waals surface area contributed by atoms with Gasteiger partial charge in [-0.1, -0.05) is 0 Å². The Morgan fingerprint density at radius 2 is 2.27 bits per heavy atom. The van der Waals surface area contributed by atoms with E-state index < -0.39 is 6.10 Å². The Labute approximate surface area is 130 Å². The van der Waals surface area contributed by atoms with Crippen LogP contribution in [0.3, 0.4) is 0 Å². The highest BCUT2D eigenvalue weighted by Crippen LogP contribution is 2.14. The highest BCUT2D eigenvalue weighted by molar-refractivity contribution is 5.87. The SMILES string of the molecule is COC1CCCCN(CC(=O)N(C)Cc2cnn(C)c2)C1=O. The molecule has 1 fully saturated rings. The summed E-state index contributed by atoms with van der Waals surface area (Å²) in [4.78, 5) is 27.9. The van der Waals surface area contributed by atoms with Gasteiger partial charge in [0.1, 0.15) is 6.10 Å². The van der Waals surface area contributed by atoms with Gasteiger partial charge in [0.25, 0.3) is 5.91 Å². The molecule has 0 aliphatic carbocycles. The van der Waals surface area contributed by atoms with Gasteiger partial charge in [-0.05, 0) is 19.3 Å². The third-order valence-corrected chi connectivity index (χ3v) is 3.95. The van der Waals surface area contributed by atoms with E-state index in [-0.39, 0.29) is 18.4 Å². The number of aromatic nitrogens is 2. The number of carbonyl (C=O) groups is 2. The Morgan fingerprint density at radius 1 is 1.50 bits per heavy atom. The fourth-order valence-corrected chi connectivity index (χ4v) is 2.64. The number of carbonyl (C=O) groups excluding carboxylic acids is 2. The number of likely N-dealkylation sites (N-methyl/N-ethyl adjacent to an activating group) is 1. The first kappa shape index (κ1) is 16.5. The molecule has 1 aromatic rings. The highest BCUT2D eigenvalue weighted by Gasteiger charge is 2.28. The molecule has 2 amide bonds. The fourth-order valence-electron chi connectivity index (χ4n) is 2.64. The quantitative estimate of drug-likeness (QED) is 0.790. The molecule has 7 heteroatoms. The van der Waals surface area contributed by atoms with Crippen LogP contribution in [0.25, 0.3) is 0 Å². The average molecular weight is 308 g/mol. The third-order valence-electron chi connectivity index (χ3n) is 3.95. The molecule has 0 saturated carbocycles. The van der Waals surface area contributed by atoms with Gasteiger partial charge in [0.05, 0.1) is 12.7 Å². The normalized spacial score (nSPS) is 19.1. The van der Waals surface area contributed by atoms with Crippen molar-refractivity contribution < 1.29 is 14.3 Å². The monoisotopic (exact) mass is 308 g/mol. The third kappa shape index (κ3) is 4.07. The van der Waals surface area contributed by atoms with Crippen LogP contribution in [0.5, 0.6) is 0 Å². The van der Waals surface area contributed by atoms with Gasteiger partial charge < -0.3 is 14.5 Å². The summed E-state index contributed by atoms with van der Waals surface area (Å²) >= 11 is 0. The Hall–Kier alpha value is -1.89. The van der Waals surface area contributed by atoms with Crippen molar-refractivity contribution in [3.63, 3.8) is 0 Å². The van der Waals surface area contributed by atoms with Gasteiger partial charge in [0.15, 0.2) is 0 Å². The molecule has 2 heterocycles. The van der Waals surface area contributed by atoms with Crippen LogP contribution in [0.2, 0.25) is 0 Å². The molecular weight excluding hydrogens is 284 g/mol. The molecule has 1 unspecified atom stereocenters. The van der Waals surface area contributed by atoms with Crippen molar-refractivity contribution in [1.29, 1.82) is 0 Å². The standard InChI is InChI=1S/C15H24N4O3/c1-17(9-12-8-16-18(2)10-12)14(20)11-19-7-5-4-6-13(22-3)15(19)21/h8,10,13H,4-7,9,11H2,1-3H3. The van der Waals surface area contributed by atoms with Crippen LogP contribution in [0.4, 0.5) is 0 Å². The maximum absolute atomic E-state index is 12.3. The zero-order valence-electron chi connectivity index (χ0n) is 13.5. The van der Waals surface area contributed by atoms with Crippen LogP contribution in [-0.4, -0.2) is 64.7 Å². The second kappa shape index (κ2) is 7.40. The maximum Gasteiger partial charge on any atom is 0.252 e. The van der Waals surface area contributed by atoms with Crippen LogP contribution < -0.4 is 0 Å². The topological polar surface area (TPSA) is 67.7 Å². The lowest BCUT2D eigenvalue weighted by atomic mass is 10.2. The van der Waals surface area contributed by atoms with Crippen LogP contribution in [0.15, 0.2) is 12.4 Å². The van der Waals surface area contributed by atoms with Crippen molar-refractivity contribution in [2.45, 2.75) is 31.9 Å². The minimum Gasteiger partial charge on any atom is -0.372 e. The van der Waals surface area contributed by atoms with Gasteiger partial charge >= 0.3 is 0 Å². The van der Waals surface area contributed by atoms with Crippen LogP contribution in [0, 0.1) is 0 Å². The average Bonchev–Trinajstić information content (AvgIpc) is 2.81. The number of hydrogen-bond donors (Lipinski definition) is 0. The van der Waals surface area contributed by atoms with E-state index in [1.807, 2.05) is 13.2 Å². The second-order valence-electron chi connectivity index (χ2n) is 5.75. The van der Waals surface area contributed by atoms with E-state index in [4.69, 9.17) is 4.74 Å². The lowest BCUT2D eigenvalue weighted by molar-refractivity contribution is -0.146. The first-order valence-electron chi connectivity index (χ1n) is 7.54. The predicted molar refractivity (Wildman–Crippen MR) is 80.9 cm³/mol. The smallest absolute Gasteiger partial charge is 0.252 e. The maximum atomic E-state index is 12.3. The molecule has 0 aromatic carbocycles. The summed E-state index contributed by atoms with van der Waals surface area (Å²) in [5, 5.41) is 4.09. The van der Waals surface area contributed by atoms with Crippen molar-refractivity contribution in [2.75, 3.05) is 27.2 Å². The van der Waals surface area contributed by atoms with Crippen LogP contribution in [-0.2, 0) is 27.9 Å². The molecule has 0 radical (unpaired) electrons. The molecule has 0 N–H and O–H groups in total. The van der Waals surface area contributed by atoms with E-state index in [1.54, 1.807) is 34.8 Å². The van der Waals surface area contributed by atoms with Crippen LogP contribution in [0.1, 0.15) is 24.8 Å². The second-order valence-corrected chi connectivity index (χ2v) is 5.75. The van der Waals surface area contributed by atoms with E-state index in [0.717, 1.165) is 24.8 Å². The molecule has 1 aliphatic heterocycles. The van der Waals surface area contributed by atoms with E-state index in [9.17, 15) is 9.59 Å². The zero-order valence-corrected chi connectivity index (χ0v) is 13.5. The molecule has 22 heavy (non-hydrogen) atoms. The molecule has 1 aromatic heterocycles. The zero-order chi connectivity index (χ0) is 16.1. The first-order valence-corrected chi connectivity index (χ1v) is 7.54. The van der Waals surface area contributed by atoms with Gasteiger partial charge in [-0.3, -0.25) is 14.3 Å². The minimum atomic E-state index is -0.418. The summed E-state index contributed by atoms with van der Waals surface area (Å²) in [7, 11) is 5.12. The summed E-state index contributed by atoms with van der Waals surface area (Å²) < 4.78 is 6.93. The summed E-state index contributed by atoms with van der Waals surface area (Å²) in [6, 6.07) is 0. The number of amides is 2. The molecule has 0 spiro atoms. The Bertz CT molecular complexity index is 529. The van der Waals surface area contributed by atoms with Gasteiger partial charge in [-0.25, -0.2) is 0 Å². The van der Waals surface area contributed by atoms with Gasteiger partial charge in [-0.2, -0.15) is 5.10 Å². The minimum absolute atomic E-state index is 0.0750. The predicted octanol–water partition coefficient (Wildman–Crippen LogP) is 0.406. The lowest BCUT2D eigenvalue weighted by Crippen LogP contribution is -2.45. The molecule has 2 rings (SSSR count). The van der Waals surface area contributed by atoms with Crippen molar-refractivity contribution >= 4 is 11.8 Å². The van der Waals surface area contributed by atoms with Gasteiger partial charge in [0, 0.05) is 46.1 Å². The summed E-state index contributed by atoms with van der Waals surface area (Å²) in [6.45, 7) is 1.21. The van der Waals surface area contributed by atoms with Crippen molar-refractivity contribution in [1.82, 2.24) is 19.6 Å². The van der Waals surface area contributed by atoms with Gasteiger partial charge in [0.2, 0.25) is 5.91 Å². The summed E-state index contributed by atoms with van der Waals surface area (Å²) in [5.41, 5.74) is 0.968. The number of ether oxygens (including phenoxy) is 1. The highest BCUT2D eigenvalue weighted by atomic mass is 16.5. The van der Waals surface area contributed by atoms with E-state index in [2.05, 4.69) is 5.10 Å². The number of methoxy groups -OCH3 is 1. The molecule has 7 nitrogen and oxygen atoms in total. The largest absolute Gasteiger partial charge is 0.372 e. The van der Waals surface area contributed by atoms with E-state index in [1.165, 1.54) is 0 Å². The fraction of sp³-hybridized carbons (Fsp3) is 0.667. The summed E-state index contributed by atoms with van der Waals surface area (Å²) in [5.74, 6) is -0.155.